The van der Waals surface area contributed by atoms with E-state index < -0.39 is 10.0 Å². The second-order valence-corrected chi connectivity index (χ2v) is 10.9. The Morgan fingerprint density at radius 3 is 2.65 bits per heavy atom. The number of amides is 1. The molecule has 0 radical (unpaired) electrons. The molecule has 31 heavy (non-hydrogen) atoms. The number of nitrogens with zero attached hydrogens (tertiary/aromatic N) is 1. The Morgan fingerprint density at radius 2 is 1.94 bits per heavy atom. The number of halogens is 2. The minimum atomic E-state index is -3.48. The number of sulfonamides is 1. The van der Waals surface area contributed by atoms with Crippen LogP contribution in [0.25, 0.3) is 10.1 Å². The molecule has 0 saturated carbocycles. The van der Waals surface area contributed by atoms with Crippen LogP contribution in [0.2, 0.25) is 10.0 Å². The number of fused-ring (bicyclic) bond motifs is 1. The highest BCUT2D eigenvalue weighted by Crippen LogP contribution is 2.35. The van der Waals surface area contributed by atoms with Gasteiger partial charge in [-0.15, -0.1) is 11.3 Å². The molecule has 0 fully saturated rings. The average molecular weight is 514 g/mol. The normalized spacial score (nSPS) is 11.5. The van der Waals surface area contributed by atoms with Crippen molar-refractivity contribution >= 4 is 83.3 Å². The van der Waals surface area contributed by atoms with E-state index in [-0.39, 0.29) is 16.6 Å². The van der Waals surface area contributed by atoms with Crippen molar-refractivity contribution in [3.05, 3.63) is 63.0 Å². The topological polar surface area (TPSA) is 97.4 Å². The number of ether oxygens (including phenoxy) is 1. The van der Waals surface area contributed by atoms with Crippen LogP contribution in [0, 0.1) is 0 Å². The second-order valence-electron chi connectivity index (χ2n) is 6.41. The summed E-state index contributed by atoms with van der Waals surface area (Å²) in [7, 11) is -3.48. The zero-order valence-electron chi connectivity index (χ0n) is 15.7. The molecule has 2 N–H and O–H groups in total. The van der Waals surface area contributed by atoms with Crippen molar-refractivity contribution in [3.63, 3.8) is 0 Å². The summed E-state index contributed by atoms with van der Waals surface area (Å²) >= 11 is 14.9. The standard InChI is InChI=1S/C19H13Cl2N3O4S3/c1-31(26,27)24-15-2-10-3-17(30-16(10)7-14(15)21)19(25)23-12-4-11(20)5-13(6-12)28-18-8-22-9-29-18/h2-9,24H,1H3,(H,23,25). The number of carbonyl (C=O) groups is 1. The molecule has 2 aromatic carbocycles. The monoisotopic (exact) mass is 513 g/mol. The van der Waals surface area contributed by atoms with Gasteiger partial charge in [0.25, 0.3) is 5.91 Å². The largest absolute Gasteiger partial charge is 0.445 e. The number of hydrogen-bond acceptors (Lipinski definition) is 7. The van der Waals surface area contributed by atoms with Crippen molar-refractivity contribution in [1.29, 1.82) is 0 Å². The molecular weight excluding hydrogens is 501 g/mol. The minimum absolute atomic E-state index is 0.242. The quantitative estimate of drug-likeness (QED) is 0.325. The molecule has 0 atom stereocenters. The summed E-state index contributed by atoms with van der Waals surface area (Å²) in [6.45, 7) is 0. The number of benzene rings is 2. The van der Waals surface area contributed by atoms with Crippen LogP contribution in [0.15, 0.2) is 48.1 Å². The van der Waals surface area contributed by atoms with E-state index in [1.165, 1.54) is 22.7 Å². The highest BCUT2D eigenvalue weighted by molar-refractivity contribution is 7.92. The Bertz CT molecular complexity index is 1390. The molecule has 7 nitrogen and oxygen atoms in total. The van der Waals surface area contributed by atoms with Gasteiger partial charge < -0.3 is 10.1 Å². The molecule has 2 aromatic heterocycles. The minimum Gasteiger partial charge on any atom is -0.445 e. The van der Waals surface area contributed by atoms with Crippen LogP contribution < -0.4 is 14.8 Å². The van der Waals surface area contributed by atoms with Crippen molar-refractivity contribution in [3.8, 4) is 10.8 Å². The lowest BCUT2D eigenvalue weighted by Gasteiger charge is -2.08. The first kappa shape index (κ1) is 21.8. The van der Waals surface area contributed by atoms with Crippen LogP contribution in [0.1, 0.15) is 9.67 Å². The molecule has 0 bridgehead atoms. The Hall–Kier alpha value is -2.37. The van der Waals surface area contributed by atoms with E-state index in [1.807, 2.05) is 0 Å². The summed E-state index contributed by atoms with van der Waals surface area (Å²) in [6.07, 6.45) is 2.62. The van der Waals surface area contributed by atoms with Crippen LogP contribution in [-0.2, 0) is 10.0 Å². The third-order valence-electron chi connectivity index (χ3n) is 3.88. The first-order valence-electron chi connectivity index (χ1n) is 8.55. The maximum absolute atomic E-state index is 12.8. The average Bonchev–Trinajstić information content (AvgIpc) is 3.30. The van der Waals surface area contributed by atoms with Gasteiger partial charge in [0.05, 0.1) is 33.6 Å². The molecule has 0 aliphatic carbocycles. The summed E-state index contributed by atoms with van der Waals surface area (Å²) in [5.74, 6) is 0.118. The van der Waals surface area contributed by atoms with Gasteiger partial charge in [-0.25, -0.2) is 13.4 Å². The van der Waals surface area contributed by atoms with Gasteiger partial charge in [0.2, 0.25) is 15.1 Å². The van der Waals surface area contributed by atoms with Gasteiger partial charge in [-0.05, 0) is 35.7 Å². The molecule has 2 heterocycles. The van der Waals surface area contributed by atoms with E-state index in [9.17, 15) is 13.2 Å². The summed E-state index contributed by atoms with van der Waals surface area (Å²) in [5.41, 5.74) is 2.36. The van der Waals surface area contributed by atoms with Crippen molar-refractivity contribution in [2.24, 2.45) is 0 Å². The zero-order chi connectivity index (χ0) is 22.2. The van der Waals surface area contributed by atoms with Gasteiger partial charge in [0.15, 0.2) is 0 Å². The Labute approximate surface area is 195 Å². The maximum atomic E-state index is 12.8. The Kier molecular flexibility index (Phi) is 6.09. The molecule has 0 aliphatic rings. The maximum Gasteiger partial charge on any atom is 0.265 e. The summed E-state index contributed by atoms with van der Waals surface area (Å²) in [4.78, 5) is 17.2. The molecule has 4 aromatic rings. The molecule has 160 valence electrons. The van der Waals surface area contributed by atoms with E-state index in [0.29, 0.717) is 31.8 Å². The lowest BCUT2D eigenvalue weighted by Crippen LogP contribution is -2.10. The molecule has 1 amide bonds. The number of hydrogen-bond donors (Lipinski definition) is 2. The third-order valence-corrected chi connectivity index (χ3v) is 6.75. The van der Waals surface area contributed by atoms with E-state index in [1.54, 1.807) is 48.1 Å². The number of nitrogens with one attached hydrogen (secondary N) is 2. The number of rotatable bonds is 6. The van der Waals surface area contributed by atoms with Crippen molar-refractivity contribution in [1.82, 2.24) is 4.98 Å². The molecule has 0 unspecified atom stereocenters. The van der Waals surface area contributed by atoms with Gasteiger partial charge in [0.1, 0.15) is 5.75 Å². The fourth-order valence-electron chi connectivity index (χ4n) is 2.71. The summed E-state index contributed by atoms with van der Waals surface area (Å²) in [5, 5.41) is 4.72. The summed E-state index contributed by atoms with van der Waals surface area (Å²) < 4.78 is 31.8. The Balaban J connectivity index is 1.58. The first-order valence-corrected chi connectivity index (χ1v) is 12.9. The number of aromatic nitrogens is 1. The fourth-order valence-corrected chi connectivity index (χ4v) is 5.30. The third kappa shape index (κ3) is 5.46. The van der Waals surface area contributed by atoms with E-state index in [4.69, 9.17) is 27.9 Å². The highest BCUT2D eigenvalue weighted by atomic mass is 35.5. The van der Waals surface area contributed by atoms with Crippen LogP contribution in [0.3, 0.4) is 0 Å². The van der Waals surface area contributed by atoms with Crippen LogP contribution in [0.5, 0.6) is 10.8 Å². The smallest absolute Gasteiger partial charge is 0.265 e. The molecule has 0 spiro atoms. The molecule has 4 rings (SSSR count). The lowest BCUT2D eigenvalue weighted by atomic mass is 10.2. The van der Waals surface area contributed by atoms with Gasteiger partial charge in [-0.2, -0.15) is 0 Å². The van der Waals surface area contributed by atoms with Crippen molar-refractivity contribution in [2.45, 2.75) is 0 Å². The van der Waals surface area contributed by atoms with Gasteiger partial charge >= 0.3 is 0 Å². The van der Waals surface area contributed by atoms with Crippen LogP contribution >= 0.6 is 45.9 Å². The SMILES string of the molecule is CS(=O)(=O)Nc1cc2cc(C(=O)Nc3cc(Cl)cc(Oc4cncs4)c3)sc2cc1Cl. The molecular formula is C19H13Cl2N3O4S3. The van der Waals surface area contributed by atoms with E-state index in [2.05, 4.69) is 15.0 Å². The number of thiazole rings is 1. The number of anilines is 2. The van der Waals surface area contributed by atoms with E-state index in [0.717, 1.165) is 11.0 Å². The van der Waals surface area contributed by atoms with Gasteiger partial charge in [-0.3, -0.25) is 9.52 Å². The summed E-state index contributed by atoms with van der Waals surface area (Å²) in [6, 6.07) is 9.77. The van der Waals surface area contributed by atoms with Gasteiger partial charge in [0, 0.05) is 21.5 Å². The predicted molar refractivity (Wildman–Crippen MR) is 127 cm³/mol. The fraction of sp³-hybridized carbons (Fsp3) is 0.0526. The predicted octanol–water partition coefficient (Wildman–Crippen LogP) is 6.08. The van der Waals surface area contributed by atoms with Gasteiger partial charge in [-0.1, -0.05) is 34.5 Å². The molecule has 0 saturated heterocycles. The number of carbonyl (C=O) groups excluding carboxylic acids is 1. The van der Waals surface area contributed by atoms with Crippen LogP contribution in [-0.4, -0.2) is 25.6 Å². The molecule has 12 heteroatoms. The zero-order valence-corrected chi connectivity index (χ0v) is 19.6. The lowest BCUT2D eigenvalue weighted by molar-refractivity contribution is 0.103. The molecule has 0 aliphatic heterocycles. The van der Waals surface area contributed by atoms with Crippen molar-refractivity contribution < 1.29 is 17.9 Å². The second kappa shape index (κ2) is 8.64. The van der Waals surface area contributed by atoms with E-state index >= 15 is 0 Å². The highest BCUT2D eigenvalue weighted by Gasteiger charge is 2.15. The number of thiophene rings is 1. The Morgan fingerprint density at radius 1 is 1.13 bits per heavy atom. The van der Waals surface area contributed by atoms with Crippen LogP contribution in [0.4, 0.5) is 11.4 Å². The first-order chi connectivity index (χ1) is 14.7. The van der Waals surface area contributed by atoms with Crippen molar-refractivity contribution in [2.75, 3.05) is 16.3 Å².